The van der Waals surface area contributed by atoms with Crippen molar-refractivity contribution in [3.05, 3.63) is 52.0 Å². The number of hydrogen-bond acceptors (Lipinski definition) is 4. The van der Waals surface area contributed by atoms with E-state index in [9.17, 15) is 10.1 Å². The van der Waals surface area contributed by atoms with Crippen molar-refractivity contribution in [3.8, 4) is 6.07 Å². The van der Waals surface area contributed by atoms with Crippen molar-refractivity contribution in [2.75, 3.05) is 7.05 Å². The molecule has 0 bridgehead atoms. The van der Waals surface area contributed by atoms with E-state index in [1.807, 2.05) is 37.3 Å². The summed E-state index contributed by atoms with van der Waals surface area (Å²) in [5.74, 6) is -0.792. The minimum atomic E-state index is -0.648. The first-order valence-corrected chi connectivity index (χ1v) is 7.57. The molecule has 1 aromatic carbocycles. The molecule has 1 heterocycles. The van der Waals surface area contributed by atoms with Gasteiger partial charge in [0.2, 0.25) is 5.91 Å². The Labute approximate surface area is 128 Å². The van der Waals surface area contributed by atoms with Crippen LogP contribution < -0.4 is 0 Å². The minimum absolute atomic E-state index is 0.144. The van der Waals surface area contributed by atoms with E-state index >= 15 is 0 Å². The lowest BCUT2D eigenvalue weighted by Crippen LogP contribution is -2.32. The quantitative estimate of drug-likeness (QED) is 0.853. The summed E-state index contributed by atoms with van der Waals surface area (Å²) in [5, 5.41) is 9.28. The van der Waals surface area contributed by atoms with E-state index in [0.29, 0.717) is 13.0 Å². The molecular formula is C16H17N3OS. The number of nitriles is 1. The van der Waals surface area contributed by atoms with Gasteiger partial charge in [-0.2, -0.15) is 5.26 Å². The van der Waals surface area contributed by atoms with Gasteiger partial charge in [-0.15, -0.1) is 11.3 Å². The molecule has 21 heavy (non-hydrogen) atoms. The Morgan fingerprint density at radius 3 is 2.71 bits per heavy atom. The Morgan fingerprint density at radius 1 is 1.43 bits per heavy atom. The first-order valence-electron chi connectivity index (χ1n) is 6.69. The number of thiazole rings is 1. The molecule has 1 amide bonds. The highest BCUT2D eigenvalue weighted by Crippen LogP contribution is 2.17. The number of benzene rings is 1. The Balaban J connectivity index is 2.03. The number of aryl methyl sites for hydroxylation is 1. The summed E-state index contributed by atoms with van der Waals surface area (Å²) in [7, 11) is 1.73. The van der Waals surface area contributed by atoms with E-state index < -0.39 is 5.92 Å². The maximum atomic E-state index is 12.4. The normalized spacial score (nSPS) is 11.7. The molecule has 2 rings (SSSR count). The van der Waals surface area contributed by atoms with Gasteiger partial charge in [0, 0.05) is 11.9 Å². The molecule has 2 aromatic rings. The van der Waals surface area contributed by atoms with Gasteiger partial charge in [-0.1, -0.05) is 30.3 Å². The molecule has 0 saturated heterocycles. The van der Waals surface area contributed by atoms with Gasteiger partial charge in [-0.25, -0.2) is 4.98 Å². The highest BCUT2D eigenvalue weighted by Gasteiger charge is 2.23. The van der Waals surface area contributed by atoms with Gasteiger partial charge >= 0.3 is 0 Å². The first kappa shape index (κ1) is 15.2. The molecule has 5 heteroatoms. The van der Waals surface area contributed by atoms with Crippen LogP contribution in [0.1, 0.15) is 16.1 Å². The third-order valence-corrected chi connectivity index (χ3v) is 4.26. The number of rotatable bonds is 5. The highest BCUT2D eigenvalue weighted by atomic mass is 32.1. The molecule has 0 aliphatic heterocycles. The first-order chi connectivity index (χ1) is 10.1. The molecular weight excluding hydrogens is 282 g/mol. The van der Waals surface area contributed by atoms with Crippen LogP contribution in [0.2, 0.25) is 0 Å². The molecule has 4 nitrogen and oxygen atoms in total. The topological polar surface area (TPSA) is 57.0 Å². The summed E-state index contributed by atoms with van der Waals surface area (Å²) in [6, 6.07) is 11.7. The van der Waals surface area contributed by atoms with Gasteiger partial charge in [-0.3, -0.25) is 4.79 Å². The summed E-state index contributed by atoms with van der Waals surface area (Å²) < 4.78 is 0. The van der Waals surface area contributed by atoms with Crippen LogP contribution in [0.3, 0.4) is 0 Å². The van der Waals surface area contributed by atoms with E-state index in [0.717, 1.165) is 16.1 Å². The Hall–Kier alpha value is -2.19. The average molecular weight is 299 g/mol. The van der Waals surface area contributed by atoms with Crippen molar-refractivity contribution in [1.29, 1.82) is 5.26 Å². The summed E-state index contributed by atoms with van der Waals surface area (Å²) in [6.45, 7) is 2.43. The summed E-state index contributed by atoms with van der Waals surface area (Å²) in [5.41, 5.74) is 3.71. The van der Waals surface area contributed by atoms with Crippen molar-refractivity contribution in [2.45, 2.75) is 19.9 Å². The zero-order chi connectivity index (χ0) is 15.2. The third kappa shape index (κ3) is 3.89. The van der Waals surface area contributed by atoms with Crippen LogP contribution in [0.4, 0.5) is 0 Å². The van der Waals surface area contributed by atoms with Crippen LogP contribution in [-0.4, -0.2) is 22.8 Å². The minimum Gasteiger partial charge on any atom is -0.339 e. The Morgan fingerprint density at radius 2 is 2.14 bits per heavy atom. The maximum Gasteiger partial charge on any atom is 0.240 e. The van der Waals surface area contributed by atoms with Crippen molar-refractivity contribution < 1.29 is 4.79 Å². The lowest BCUT2D eigenvalue weighted by molar-refractivity contribution is -0.132. The van der Waals surface area contributed by atoms with Crippen molar-refractivity contribution in [3.63, 3.8) is 0 Å². The summed E-state index contributed by atoms with van der Waals surface area (Å²) in [6.07, 6.45) is 0.447. The molecule has 1 atom stereocenters. The van der Waals surface area contributed by atoms with Gasteiger partial charge in [0.15, 0.2) is 0 Å². The fourth-order valence-corrected chi connectivity index (χ4v) is 2.90. The molecule has 0 spiro atoms. The molecule has 0 N–H and O–H groups in total. The van der Waals surface area contributed by atoms with Gasteiger partial charge in [0.25, 0.3) is 0 Å². The van der Waals surface area contributed by atoms with Crippen molar-refractivity contribution in [2.24, 2.45) is 5.92 Å². The molecule has 1 unspecified atom stereocenters. The number of hydrogen-bond donors (Lipinski definition) is 0. The predicted octanol–water partition coefficient (Wildman–Crippen LogP) is 2.79. The van der Waals surface area contributed by atoms with Crippen LogP contribution in [0.25, 0.3) is 0 Å². The fourth-order valence-electron chi connectivity index (χ4n) is 2.08. The van der Waals surface area contributed by atoms with Gasteiger partial charge in [0.05, 0.1) is 23.8 Å². The molecule has 108 valence electrons. The smallest absolute Gasteiger partial charge is 0.240 e. The third-order valence-electron chi connectivity index (χ3n) is 3.34. The van der Waals surface area contributed by atoms with E-state index in [-0.39, 0.29) is 5.91 Å². The van der Waals surface area contributed by atoms with Crippen LogP contribution in [-0.2, 0) is 17.8 Å². The second-order valence-corrected chi connectivity index (χ2v) is 5.87. The Bertz CT molecular complexity index is 645. The number of amides is 1. The Kier molecular flexibility index (Phi) is 5.07. The van der Waals surface area contributed by atoms with Crippen LogP contribution >= 0.6 is 11.3 Å². The second kappa shape index (κ2) is 7.00. The summed E-state index contributed by atoms with van der Waals surface area (Å²) >= 11 is 1.53. The highest BCUT2D eigenvalue weighted by molar-refractivity contribution is 7.09. The van der Waals surface area contributed by atoms with Crippen LogP contribution in [0.15, 0.2) is 35.8 Å². The standard InChI is InChI=1S/C16H17N3OS/c1-12-15(21-11-18-12)10-19(2)16(20)14(9-17)8-13-6-4-3-5-7-13/h3-7,11,14H,8,10H2,1-2H3. The van der Waals surface area contributed by atoms with Crippen molar-refractivity contribution >= 4 is 17.2 Å². The van der Waals surface area contributed by atoms with E-state index in [1.54, 1.807) is 17.5 Å². The van der Waals surface area contributed by atoms with Gasteiger partial charge in [0.1, 0.15) is 5.92 Å². The summed E-state index contributed by atoms with van der Waals surface area (Å²) in [4.78, 5) is 19.2. The monoisotopic (exact) mass is 299 g/mol. The maximum absolute atomic E-state index is 12.4. The molecule has 0 fully saturated rings. The predicted molar refractivity (Wildman–Crippen MR) is 82.6 cm³/mol. The lowest BCUT2D eigenvalue weighted by atomic mass is 9.99. The molecule has 1 aromatic heterocycles. The SMILES string of the molecule is Cc1ncsc1CN(C)C(=O)C(C#N)Cc1ccccc1. The lowest BCUT2D eigenvalue weighted by Gasteiger charge is -2.19. The molecule has 0 saturated carbocycles. The van der Waals surface area contributed by atoms with Crippen molar-refractivity contribution in [1.82, 2.24) is 9.88 Å². The van der Waals surface area contributed by atoms with Gasteiger partial charge in [-0.05, 0) is 18.9 Å². The molecule has 0 aliphatic carbocycles. The average Bonchev–Trinajstić information content (AvgIpc) is 2.90. The van der Waals surface area contributed by atoms with Gasteiger partial charge < -0.3 is 4.90 Å². The van der Waals surface area contributed by atoms with E-state index in [4.69, 9.17) is 0 Å². The number of carbonyl (C=O) groups excluding carboxylic acids is 1. The number of carbonyl (C=O) groups is 1. The molecule has 0 aliphatic rings. The van der Waals surface area contributed by atoms with E-state index in [1.165, 1.54) is 11.3 Å². The largest absolute Gasteiger partial charge is 0.339 e. The van der Waals surface area contributed by atoms with Crippen LogP contribution in [0.5, 0.6) is 0 Å². The second-order valence-electron chi connectivity index (χ2n) is 4.93. The fraction of sp³-hybridized carbons (Fsp3) is 0.312. The zero-order valence-corrected chi connectivity index (χ0v) is 12.9. The van der Waals surface area contributed by atoms with E-state index in [2.05, 4.69) is 11.1 Å². The van der Waals surface area contributed by atoms with Crippen LogP contribution in [0, 0.1) is 24.2 Å². The molecule has 0 radical (unpaired) electrons. The zero-order valence-electron chi connectivity index (χ0n) is 12.1. The number of nitrogens with zero attached hydrogens (tertiary/aromatic N) is 3. The number of aromatic nitrogens is 1.